The SMILES string of the molecule is CC1CCC=C2CC[C@@H]3[C@H](C21C)C3(C)C. The summed E-state index contributed by atoms with van der Waals surface area (Å²) in [7, 11) is 0. The van der Waals surface area contributed by atoms with Gasteiger partial charge in [0, 0.05) is 0 Å². The Balaban J connectivity index is 2.03. The fourth-order valence-corrected chi connectivity index (χ4v) is 5.01. The summed E-state index contributed by atoms with van der Waals surface area (Å²) in [6.07, 6.45) is 8.19. The third kappa shape index (κ3) is 1.04. The molecule has 0 aromatic heterocycles. The van der Waals surface area contributed by atoms with E-state index in [-0.39, 0.29) is 0 Å². The molecule has 0 aromatic rings. The third-order valence-corrected chi connectivity index (χ3v) is 6.13. The molecule has 4 atom stereocenters. The normalized spacial score (nSPS) is 51.5. The first-order valence-corrected chi connectivity index (χ1v) is 6.68. The first-order valence-electron chi connectivity index (χ1n) is 6.68. The van der Waals surface area contributed by atoms with Crippen LogP contribution in [0.5, 0.6) is 0 Å². The van der Waals surface area contributed by atoms with Crippen LogP contribution >= 0.6 is 0 Å². The van der Waals surface area contributed by atoms with E-state index in [1.165, 1.54) is 25.7 Å². The molecular formula is C15H24. The quantitative estimate of drug-likeness (QED) is 0.513. The lowest BCUT2D eigenvalue weighted by atomic mass is 9.60. The van der Waals surface area contributed by atoms with Gasteiger partial charge in [-0.1, -0.05) is 39.3 Å². The summed E-state index contributed by atoms with van der Waals surface area (Å²) in [6, 6.07) is 0. The largest absolute Gasteiger partial charge is 0.0847 e. The molecule has 3 rings (SSSR count). The molecule has 0 spiro atoms. The molecule has 0 aromatic carbocycles. The first kappa shape index (κ1) is 9.93. The van der Waals surface area contributed by atoms with Gasteiger partial charge in [0.15, 0.2) is 0 Å². The fourth-order valence-electron chi connectivity index (χ4n) is 5.01. The minimum Gasteiger partial charge on any atom is -0.0847 e. The van der Waals surface area contributed by atoms with Crippen LogP contribution in [0.25, 0.3) is 0 Å². The summed E-state index contributed by atoms with van der Waals surface area (Å²) in [6.45, 7) is 10.0. The Morgan fingerprint density at radius 3 is 2.67 bits per heavy atom. The lowest BCUT2D eigenvalue weighted by Crippen LogP contribution is -2.36. The van der Waals surface area contributed by atoms with E-state index in [9.17, 15) is 0 Å². The average molecular weight is 204 g/mol. The maximum absolute atomic E-state index is 2.57. The van der Waals surface area contributed by atoms with Crippen LogP contribution in [0.1, 0.15) is 53.4 Å². The molecule has 84 valence electrons. The zero-order chi connectivity index (χ0) is 10.8. The molecule has 3 aliphatic rings. The van der Waals surface area contributed by atoms with Crippen LogP contribution < -0.4 is 0 Å². The van der Waals surface area contributed by atoms with E-state index >= 15 is 0 Å². The Hall–Kier alpha value is -0.260. The van der Waals surface area contributed by atoms with Crippen LogP contribution in [0.15, 0.2) is 11.6 Å². The van der Waals surface area contributed by atoms with E-state index in [2.05, 4.69) is 33.8 Å². The minimum absolute atomic E-state index is 0.560. The third-order valence-electron chi connectivity index (χ3n) is 6.13. The van der Waals surface area contributed by atoms with Crippen molar-refractivity contribution in [3.63, 3.8) is 0 Å². The zero-order valence-electron chi connectivity index (χ0n) is 10.6. The molecule has 0 bridgehead atoms. The van der Waals surface area contributed by atoms with Gasteiger partial charge in [-0.2, -0.15) is 0 Å². The molecular weight excluding hydrogens is 180 g/mol. The van der Waals surface area contributed by atoms with E-state index in [0.717, 1.165) is 17.8 Å². The number of fused-ring (bicyclic) bond motifs is 3. The second kappa shape index (κ2) is 2.70. The molecule has 0 radical (unpaired) electrons. The summed E-state index contributed by atoms with van der Waals surface area (Å²) < 4.78 is 0. The van der Waals surface area contributed by atoms with E-state index in [4.69, 9.17) is 0 Å². The van der Waals surface area contributed by atoms with Crippen molar-refractivity contribution in [3.8, 4) is 0 Å². The molecule has 3 aliphatic carbocycles. The summed E-state index contributed by atoms with van der Waals surface area (Å²) >= 11 is 0. The van der Waals surface area contributed by atoms with Gasteiger partial charge >= 0.3 is 0 Å². The first-order chi connectivity index (χ1) is 6.99. The summed E-state index contributed by atoms with van der Waals surface area (Å²) in [4.78, 5) is 0. The van der Waals surface area contributed by atoms with Gasteiger partial charge in [-0.15, -0.1) is 0 Å². The van der Waals surface area contributed by atoms with E-state index in [1.54, 1.807) is 0 Å². The Morgan fingerprint density at radius 2 is 1.93 bits per heavy atom. The number of rotatable bonds is 0. The van der Waals surface area contributed by atoms with Crippen molar-refractivity contribution in [1.29, 1.82) is 0 Å². The smallest absolute Gasteiger partial charge is 0.00544 e. The summed E-state index contributed by atoms with van der Waals surface area (Å²) in [5.41, 5.74) is 3.01. The number of allylic oxidation sites excluding steroid dienone is 2. The summed E-state index contributed by atoms with van der Waals surface area (Å²) in [5.74, 6) is 2.92. The van der Waals surface area contributed by atoms with Crippen LogP contribution in [-0.2, 0) is 0 Å². The maximum Gasteiger partial charge on any atom is -0.00544 e. The van der Waals surface area contributed by atoms with Crippen molar-refractivity contribution in [2.24, 2.45) is 28.6 Å². The molecule has 0 saturated heterocycles. The van der Waals surface area contributed by atoms with Gasteiger partial charge in [0.25, 0.3) is 0 Å². The molecule has 0 amide bonds. The van der Waals surface area contributed by atoms with Crippen LogP contribution in [0, 0.1) is 28.6 Å². The number of hydrogen-bond acceptors (Lipinski definition) is 0. The van der Waals surface area contributed by atoms with Crippen molar-refractivity contribution >= 4 is 0 Å². The van der Waals surface area contributed by atoms with Gasteiger partial charge in [0.1, 0.15) is 0 Å². The highest BCUT2D eigenvalue weighted by molar-refractivity contribution is 5.31. The van der Waals surface area contributed by atoms with Crippen molar-refractivity contribution in [2.75, 3.05) is 0 Å². The second-order valence-corrected chi connectivity index (χ2v) is 6.93. The van der Waals surface area contributed by atoms with Crippen molar-refractivity contribution < 1.29 is 0 Å². The molecule has 0 heteroatoms. The molecule has 0 heterocycles. The Kier molecular flexibility index (Phi) is 1.79. The van der Waals surface area contributed by atoms with Crippen LogP contribution in [0.2, 0.25) is 0 Å². The predicted octanol–water partition coefficient (Wildman–Crippen LogP) is 4.42. The van der Waals surface area contributed by atoms with Crippen molar-refractivity contribution in [1.82, 2.24) is 0 Å². The standard InChI is InChI=1S/C15H24/c1-10-6-5-7-11-8-9-12-13(14(12,2)3)15(10,11)4/h7,10,12-13H,5-6,8-9H2,1-4H3/t10?,12-,13+,15?/m1/s1. The van der Waals surface area contributed by atoms with Gasteiger partial charge in [-0.05, 0) is 54.3 Å². The molecule has 0 N–H and O–H groups in total. The van der Waals surface area contributed by atoms with Crippen LogP contribution in [0.4, 0.5) is 0 Å². The molecule has 2 fully saturated rings. The van der Waals surface area contributed by atoms with Crippen molar-refractivity contribution in [3.05, 3.63) is 11.6 Å². The zero-order valence-corrected chi connectivity index (χ0v) is 10.6. The van der Waals surface area contributed by atoms with E-state index < -0.39 is 0 Å². The van der Waals surface area contributed by atoms with Gasteiger partial charge in [-0.3, -0.25) is 0 Å². The van der Waals surface area contributed by atoms with Gasteiger partial charge in [0.2, 0.25) is 0 Å². The highest BCUT2D eigenvalue weighted by Gasteiger charge is 2.68. The van der Waals surface area contributed by atoms with Crippen molar-refractivity contribution in [2.45, 2.75) is 53.4 Å². The van der Waals surface area contributed by atoms with E-state index in [1.807, 2.05) is 5.57 Å². The highest BCUT2D eigenvalue weighted by Crippen LogP contribution is 2.74. The predicted molar refractivity (Wildman–Crippen MR) is 64.6 cm³/mol. The van der Waals surface area contributed by atoms with Gasteiger partial charge < -0.3 is 0 Å². The monoisotopic (exact) mass is 204 g/mol. The second-order valence-electron chi connectivity index (χ2n) is 6.93. The molecule has 0 aliphatic heterocycles. The van der Waals surface area contributed by atoms with Crippen LogP contribution in [0.3, 0.4) is 0 Å². The number of hydrogen-bond donors (Lipinski definition) is 0. The molecule has 0 nitrogen and oxygen atoms in total. The van der Waals surface area contributed by atoms with Gasteiger partial charge in [0.05, 0.1) is 0 Å². The highest BCUT2D eigenvalue weighted by atomic mass is 14.7. The van der Waals surface area contributed by atoms with Crippen LogP contribution in [-0.4, -0.2) is 0 Å². The summed E-state index contributed by atoms with van der Waals surface area (Å²) in [5, 5.41) is 0. The fraction of sp³-hybridized carbons (Fsp3) is 0.867. The van der Waals surface area contributed by atoms with E-state index in [0.29, 0.717) is 10.8 Å². The lowest BCUT2D eigenvalue weighted by Gasteiger charge is -2.45. The minimum atomic E-state index is 0.560. The van der Waals surface area contributed by atoms with Gasteiger partial charge in [-0.25, -0.2) is 0 Å². The molecule has 15 heavy (non-hydrogen) atoms. The molecule has 2 saturated carbocycles. The Labute approximate surface area is 94.1 Å². The maximum atomic E-state index is 2.57. The Morgan fingerprint density at radius 1 is 1.20 bits per heavy atom. The topological polar surface area (TPSA) is 0 Å². The average Bonchev–Trinajstić information content (AvgIpc) is 2.73. The Bertz CT molecular complexity index is 323. The molecule has 2 unspecified atom stereocenters. The lowest BCUT2D eigenvalue weighted by molar-refractivity contribution is 0.147.